The minimum absolute atomic E-state index is 0.0601. The van der Waals surface area contributed by atoms with Gasteiger partial charge in [-0.25, -0.2) is 0 Å². The van der Waals surface area contributed by atoms with Gasteiger partial charge in [0.25, 0.3) is 5.91 Å². The van der Waals surface area contributed by atoms with E-state index in [0.717, 1.165) is 23.8 Å². The highest BCUT2D eigenvalue weighted by Gasteiger charge is 2.23. The van der Waals surface area contributed by atoms with Crippen LogP contribution in [-0.2, 0) is 16.0 Å². The molecule has 2 amide bonds. The third-order valence-electron chi connectivity index (χ3n) is 3.63. The Balaban J connectivity index is 1.81. The fourth-order valence-corrected chi connectivity index (χ4v) is 3.45. The number of thioether (sulfide) groups is 1. The van der Waals surface area contributed by atoms with Crippen LogP contribution in [0.1, 0.15) is 31.1 Å². The van der Waals surface area contributed by atoms with Crippen molar-refractivity contribution in [2.24, 2.45) is 0 Å². The number of pyridine rings is 1. The summed E-state index contributed by atoms with van der Waals surface area (Å²) in [6, 6.07) is 1.79. The summed E-state index contributed by atoms with van der Waals surface area (Å²) in [5.41, 5.74) is 1.33. The van der Waals surface area contributed by atoms with Crippen molar-refractivity contribution >= 4 is 57.2 Å². The molecule has 25 heavy (non-hydrogen) atoms. The van der Waals surface area contributed by atoms with Crippen LogP contribution in [0.4, 0.5) is 0 Å². The third-order valence-corrected chi connectivity index (χ3v) is 4.80. The zero-order chi connectivity index (χ0) is 17.8. The van der Waals surface area contributed by atoms with Gasteiger partial charge in [0, 0.05) is 36.0 Å². The molecule has 2 aromatic rings. The first-order valence-corrected chi connectivity index (χ1v) is 9.17. The van der Waals surface area contributed by atoms with Crippen LogP contribution in [0.15, 0.2) is 27.8 Å². The summed E-state index contributed by atoms with van der Waals surface area (Å²) in [4.78, 5) is 28.4. The summed E-state index contributed by atoms with van der Waals surface area (Å²) in [5.74, 6) is 0.234. The minimum atomic E-state index is -0.232. The van der Waals surface area contributed by atoms with Crippen molar-refractivity contribution in [2.45, 2.75) is 26.2 Å². The first-order chi connectivity index (χ1) is 12.1. The number of carbonyl (C=O) groups excluding carboxylic acids is 2. The van der Waals surface area contributed by atoms with Gasteiger partial charge in [-0.3, -0.25) is 14.6 Å². The minimum Gasteiger partial charge on any atom is -0.456 e. The SMILES string of the molecule is CCCCNC(=O)Cc1cncc2cc(/C=C3\SC(=S)NC3=O)oc12. The predicted molar refractivity (Wildman–Crippen MR) is 102 cm³/mol. The highest BCUT2D eigenvalue weighted by Crippen LogP contribution is 2.29. The summed E-state index contributed by atoms with van der Waals surface area (Å²) in [7, 11) is 0. The van der Waals surface area contributed by atoms with Crippen molar-refractivity contribution < 1.29 is 14.0 Å². The Hall–Kier alpha value is -2.19. The van der Waals surface area contributed by atoms with Crippen molar-refractivity contribution in [1.29, 1.82) is 0 Å². The first-order valence-electron chi connectivity index (χ1n) is 7.95. The zero-order valence-electron chi connectivity index (χ0n) is 13.6. The van der Waals surface area contributed by atoms with E-state index in [1.54, 1.807) is 24.5 Å². The fraction of sp³-hybridized carbons (Fsp3) is 0.294. The van der Waals surface area contributed by atoms with E-state index < -0.39 is 0 Å². The van der Waals surface area contributed by atoms with Crippen molar-refractivity contribution in [3.63, 3.8) is 0 Å². The quantitative estimate of drug-likeness (QED) is 0.459. The first kappa shape index (κ1) is 17.6. The number of unbranched alkanes of at least 4 members (excludes halogenated alkanes) is 1. The van der Waals surface area contributed by atoms with Crippen LogP contribution < -0.4 is 10.6 Å². The van der Waals surface area contributed by atoms with Crippen LogP contribution >= 0.6 is 24.0 Å². The molecule has 3 rings (SSSR count). The van der Waals surface area contributed by atoms with Gasteiger partial charge < -0.3 is 15.1 Å². The second-order valence-electron chi connectivity index (χ2n) is 5.60. The van der Waals surface area contributed by atoms with E-state index in [1.807, 2.05) is 0 Å². The number of amides is 2. The Kier molecular flexibility index (Phi) is 5.50. The molecular formula is C17H17N3O3S2. The van der Waals surface area contributed by atoms with Crippen molar-refractivity contribution in [3.05, 3.63) is 34.7 Å². The number of carbonyl (C=O) groups is 2. The standard InChI is InChI=1S/C17H17N3O3S2/c1-2-3-4-19-14(21)6-11-9-18-8-10-5-12(23-15(10)11)7-13-16(22)20-17(24)25-13/h5,7-9H,2-4,6H2,1H3,(H,19,21)(H,20,22,24)/b13-7-. The normalized spacial score (nSPS) is 15.8. The van der Waals surface area contributed by atoms with Crippen molar-refractivity contribution in [1.82, 2.24) is 15.6 Å². The highest BCUT2D eigenvalue weighted by atomic mass is 32.2. The van der Waals surface area contributed by atoms with Gasteiger partial charge in [-0.2, -0.15) is 0 Å². The Labute approximate surface area is 154 Å². The molecule has 1 aliphatic rings. The molecule has 1 aliphatic heterocycles. The second kappa shape index (κ2) is 7.79. The summed E-state index contributed by atoms with van der Waals surface area (Å²) >= 11 is 6.17. The van der Waals surface area contributed by atoms with Gasteiger partial charge in [0.2, 0.25) is 5.91 Å². The molecule has 1 fully saturated rings. The van der Waals surface area contributed by atoms with Crippen LogP contribution in [0, 0.1) is 0 Å². The van der Waals surface area contributed by atoms with E-state index in [2.05, 4.69) is 22.5 Å². The molecule has 1 saturated heterocycles. The van der Waals surface area contributed by atoms with Gasteiger partial charge in [-0.15, -0.1) is 0 Å². The van der Waals surface area contributed by atoms with Crippen LogP contribution in [0.2, 0.25) is 0 Å². The zero-order valence-corrected chi connectivity index (χ0v) is 15.3. The molecule has 0 radical (unpaired) electrons. The van der Waals surface area contributed by atoms with Crippen LogP contribution in [-0.4, -0.2) is 27.7 Å². The van der Waals surface area contributed by atoms with Gasteiger partial charge >= 0.3 is 0 Å². The monoisotopic (exact) mass is 375 g/mol. The average Bonchev–Trinajstić information content (AvgIpc) is 3.11. The topological polar surface area (TPSA) is 84.2 Å². The van der Waals surface area contributed by atoms with E-state index in [1.165, 1.54) is 11.8 Å². The fourth-order valence-electron chi connectivity index (χ4n) is 2.43. The molecule has 2 N–H and O–H groups in total. The number of furan rings is 1. The van der Waals surface area contributed by atoms with Gasteiger partial charge in [0.1, 0.15) is 15.7 Å². The number of hydrogen-bond acceptors (Lipinski definition) is 6. The van der Waals surface area contributed by atoms with Crippen molar-refractivity contribution in [3.8, 4) is 0 Å². The van der Waals surface area contributed by atoms with Crippen LogP contribution in [0.5, 0.6) is 0 Å². The smallest absolute Gasteiger partial charge is 0.263 e. The van der Waals surface area contributed by atoms with Gasteiger partial charge in [-0.1, -0.05) is 37.3 Å². The maximum atomic E-state index is 12.0. The molecule has 3 heterocycles. The van der Waals surface area contributed by atoms with Crippen molar-refractivity contribution in [2.75, 3.05) is 6.54 Å². The molecule has 6 nitrogen and oxygen atoms in total. The Bertz CT molecular complexity index is 873. The molecule has 0 aromatic carbocycles. The highest BCUT2D eigenvalue weighted by molar-refractivity contribution is 8.26. The lowest BCUT2D eigenvalue weighted by Crippen LogP contribution is -2.26. The maximum absolute atomic E-state index is 12.0. The number of hydrogen-bond donors (Lipinski definition) is 2. The molecule has 0 aliphatic carbocycles. The Morgan fingerprint density at radius 1 is 1.48 bits per heavy atom. The van der Waals surface area contributed by atoms with E-state index >= 15 is 0 Å². The summed E-state index contributed by atoms with van der Waals surface area (Å²) in [6.45, 7) is 2.74. The lowest BCUT2D eigenvalue weighted by Gasteiger charge is -2.04. The molecule has 0 saturated carbocycles. The number of nitrogens with zero attached hydrogens (tertiary/aromatic N) is 1. The van der Waals surface area contributed by atoms with Gasteiger partial charge in [0.15, 0.2) is 0 Å². The van der Waals surface area contributed by atoms with Crippen LogP contribution in [0.25, 0.3) is 17.0 Å². The van der Waals surface area contributed by atoms with E-state index in [0.29, 0.717) is 27.1 Å². The Morgan fingerprint density at radius 2 is 2.32 bits per heavy atom. The maximum Gasteiger partial charge on any atom is 0.263 e. The summed E-state index contributed by atoms with van der Waals surface area (Å²) < 4.78 is 6.27. The molecule has 130 valence electrons. The number of thiocarbonyl (C=S) groups is 1. The lowest BCUT2D eigenvalue weighted by atomic mass is 10.1. The molecule has 8 heteroatoms. The molecule has 2 aromatic heterocycles. The molecular weight excluding hydrogens is 358 g/mol. The number of fused-ring (bicyclic) bond motifs is 1. The second-order valence-corrected chi connectivity index (χ2v) is 7.32. The number of aromatic nitrogens is 1. The molecule has 0 spiro atoms. The van der Waals surface area contributed by atoms with Gasteiger partial charge in [0.05, 0.1) is 11.3 Å². The summed E-state index contributed by atoms with van der Waals surface area (Å²) in [5, 5.41) is 6.23. The third kappa shape index (κ3) is 4.26. The van der Waals surface area contributed by atoms with E-state index in [9.17, 15) is 9.59 Å². The summed E-state index contributed by atoms with van der Waals surface area (Å²) in [6.07, 6.45) is 7.14. The number of nitrogens with one attached hydrogen (secondary N) is 2. The lowest BCUT2D eigenvalue weighted by molar-refractivity contribution is -0.120. The Morgan fingerprint density at radius 3 is 3.04 bits per heavy atom. The molecule has 0 unspecified atom stereocenters. The average molecular weight is 375 g/mol. The predicted octanol–water partition coefficient (Wildman–Crippen LogP) is 2.78. The van der Waals surface area contributed by atoms with E-state index in [4.69, 9.17) is 16.6 Å². The largest absolute Gasteiger partial charge is 0.456 e. The van der Waals surface area contributed by atoms with E-state index in [-0.39, 0.29) is 18.2 Å². The number of rotatable bonds is 6. The van der Waals surface area contributed by atoms with Gasteiger partial charge in [-0.05, 0) is 12.5 Å². The molecule has 0 bridgehead atoms. The molecule has 0 atom stereocenters. The van der Waals surface area contributed by atoms with Crippen LogP contribution in [0.3, 0.4) is 0 Å².